The van der Waals surface area contributed by atoms with Gasteiger partial charge in [-0.2, -0.15) is 0 Å². The van der Waals surface area contributed by atoms with Gasteiger partial charge in [-0.25, -0.2) is 0 Å². The van der Waals surface area contributed by atoms with E-state index in [1.54, 1.807) is 13.1 Å². The molecule has 0 amide bonds. The zero-order valence-corrected chi connectivity index (χ0v) is 6.37. The Kier molecular flexibility index (Phi) is 2.17. The Hall–Kier alpha value is -0.700. The molecule has 1 rings (SSSR count). The second-order valence-corrected chi connectivity index (χ2v) is 2.73. The minimum Gasteiger partial charge on any atom is -0.299 e. The van der Waals surface area contributed by atoms with Crippen LogP contribution >= 0.6 is 0 Å². The van der Waals surface area contributed by atoms with E-state index in [4.69, 9.17) is 0 Å². The molecule has 3 nitrogen and oxygen atoms in total. The van der Waals surface area contributed by atoms with Crippen LogP contribution in [-0.2, 0) is 4.79 Å². The molecule has 0 saturated heterocycles. The lowest BCUT2D eigenvalue weighted by atomic mass is 10.1. The van der Waals surface area contributed by atoms with Crippen LogP contribution in [0.4, 0.5) is 0 Å². The summed E-state index contributed by atoms with van der Waals surface area (Å²) in [6.45, 7) is 3.15. The molecule has 0 bridgehead atoms. The molecule has 1 aliphatic heterocycles. The van der Waals surface area contributed by atoms with Gasteiger partial charge in [0.05, 0.1) is 12.6 Å². The van der Waals surface area contributed by atoms with Crippen LogP contribution in [0.5, 0.6) is 0 Å². The zero-order valence-electron chi connectivity index (χ0n) is 6.37. The zero-order chi connectivity index (χ0) is 7.56. The number of carbonyl (C=O) groups excluding carboxylic acids is 1. The van der Waals surface area contributed by atoms with Crippen molar-refractivity contribution < 1.29 is 4.79 Å². The standard InChI is InChI=1S/C7H12N2O/c1-6(10)7-3-8-5-9(2)4-7/h3,7H,4-5H2,1-2H3. The maximum Gasteiger partial charge on any atom is 0.139 e. The topological polar surface area (TPSA) is 32.7 Å². The van der Waals surface area contributed by atoms with Crippen molar-refractivity contribution in [1.82, 2.24) is 4.90 Å². The molecule has 1 unspecified atom stereocenters. The van der Waals surface area contributed by atoms with Gasteiger partial charge in [-0.05, 0) is 14.0 Å². The van der Waals surface area contributed by atoms with Crippen LogP contribution in [-0.4, -0.2) is 37.2 Å². The van der Waals surface area contributed by atoms with E-state index in [0.717, 1.165) is 13.2 Å². The largest absolute Gasteiger partial charge is 0.299 e. The highest BCUT2D eigenvalue weighted by atomic mass is 16.1. The van der Waals surface area contributed by atoms with E-state index in [2.05, 4.69) is 4.99 Å². The fraction of sp³-hybridized carbons (Fsp3) is 0.714. The highest BCUT2D eigenvalue weighted by Gasteiger charge is 2.16. The molecule has 0 aromatic heterocycles. The monoisotopic (exact) mass is 140 g/mol. The Balaban J connectivity index is 2.55. The lowest BCUT2D eigenvalue weighted by Gasteiger charge is -2.21. The van der Waals surface area contributed by atoms with Gasteiger partial charge in [-0.15, -0.1) is 0 Å². The Bertz CT molecular complexity index is 165. The average Bonchev–Trinajstić information content (AvgIpc) is 1.88. The minimum absolute atomic E-state index is 0.0266. The molecule has 10 heavy (non-hydrogen) atoms. The Labute approximate surface area is 60.7 Å². The molecule has 0 radical (unpaired) electrons. The molecule has 1 aliphatic rings. The summed E-state index contributed by atoms with van der Waals surface area (Å²) in [6, 6.07) is 0. The van der Waals surface area contributed by atoms with Crippen molar-refractivity contribution in [3.63, 3.8) is 0 Å². The van der Waals surface area contributed by atoms with Crippen molar-refractivity contribution in [3.8, 4) is 0 Å². The number of Topliss-reactive ketones (excluding diaryl/α,β-unsaturated/α-hetero) is 1. The Morgan fingerprint density at radius 2 is 2.50 bits per heavy atom. The molecule has 56 valence electrons. The van der Waals surface area contributed by atoms with Crippen molar-refractivity contribution in [2.45, 2.75) is 6.92 Å². The van der Waals surface area contributed by atoms with Crippen LogP contribution in [0.2, 0.25) is 0 Å². The number of ketones is 1. The molecule has 1 atom stereocenters. The van der Waals surface area contributed by atoms with E-state index >= 15 is 0 Å². The van der Waals surface area contributed by atoms with Crippen LogP contribution in [0.1, 0.15) is 6.92 Å². The predicted octanol–water partition coefficient (Wildman–Crippen LogP) is 0.165. The molecule has 3 heteroatoms. The summed E-state index contributed by atoms with van der Waals surface area (Å²) < 4.78 is 0. The number of hydrogen-bond donors (Lipinski definition) is 0. The van der Waals surface area contributed by atoms with Gasteiger partial charge >= 0.3 is 0 Å². The SMILES string of the molecule is CC(=O)C1C=NCN(C)C1. The van der Waals surface area contributed by atoms with E-state index in [9.17, 15) is 4.79 Å². The van der Waals surface area contributed by atoms with Gasteiger partial charge in [0.25, 0.3) is 0 Å². The summed E-state index contributed by atoms with van der Waals surface area (Å²) >= 11 is 0. The van der Waals surface area contributed by atoms with Crippen molar-refractivity contribution in [2.75, 3.05) is 20.3 Å². The summed E-state index contributed by atoms with van der Waals surface area (Å²) in [5, 5.41) is 0. The molecule has 0 N–H and O–H groups in total. The molecule has 1 heterocycles. The molecule has 0 fully saturated rings. The first-order valence-electron chi connectivity index (χ1n) is 3.39. The number of nitrogens with zero attached hydrogens (tertiary/aromatic N) is 2. The first kappa shape index (κ1) is 7.41. The van der Waals surface area contributed by atoms with Crippen LogP contribution in [0.3, 0.4) is 0 Å². The second kappa shape index (κ2) is 2.92. The molecule has 0 aromatic carbocycles. The fourth-order valence-corrected chi connectivity index (χ4v) is 0.988. The molecular weight excluding hydrogens is 128 g/mol. The second-order valence-electron chi connectivity index (χ2n) is 2.73. The smallest absolute Gasteiger partial charge is 0.139 e. The maximum atomic E-state index is 10.8. The third-order valence-electron chi connectivity index (χ3n) is 1.64. The molecule has 0 aliphatic carbocycles. The Morgan fingerprint density at radius 3 is 2.90 bits per heavy atom. The predicted molar refractivity (Wildman–Crippen MR) is 40.2 cm³/mol. The van der Waals surface area contributed by atoms with Crippen LogP contribution in [0.15, 0.2) is 4.99 Å². The third kappa shape index (κ3) is 1.64. The van der Waals surface area contributed by atoms with Gasteiger partial charge in [0, 0.05) is 12.8 Å². The summed E-state index contributed by atoms with van der Waals surface area (Å²) in [5.41, 5.74) is 0. The Morgan fingerprint density at radius 1 is 1.80 bits per heavy atom. The quantitative estimate of drug-likeness (QED) is 0.520. The van der Waals surface area contributed by atoms with Crippen LogP contribution < -0.4 is 0 Å². The normalized spacial score (nSPS) is 26.8. The summed E-state index contributed by atoms with van der Waals surface area (Å²) in [7, 11) is 1.96. The molecule has 0 aromatic rings. The molecule has 0 spiro atoms. The highest BCUT2D eigenvalue weighted by molar-refractivity contribution is 5.93. The summed E-state index contributed by atoms with van der Waals surface area (Å²) in [4.78, 5) is 16.9. The van der Waals surface area contributed by atoms with Gasteiger partial charge < -0.3 is 0 Å². The third-order valence-corrected chi connectivity index (χ3v) is 1.64. The van der Waals surface area contributed by atoms with Crippen molar-refractivity contribution in [1.29, 1.82) is 0 Å². The number of carbonyl (C=O) groups is 1. The van der Waals surface area contributed by atoms with E-state index in [0.29, 0.717) is 0 Å². The van der Waals surface area contributed by atoms with Crippen molar-refractivity contribution in [3.05, 3.63) is 0 Å². The lowest BCUT2D eigenvalue weighted by molar-refractivity contribution is -0.119. The van der Waals surface area contributed by atoms with Crippen molar-refractivity contribution in [2.24, 2.45) is 10.9 Å². The maximum absolute atomic E-state index is 10.8. The van der Waals surface area contributed by atoms with Crippen LogP contribution in [0.25, 0.3) is 0 Å². The summed E-state index contributed by atoms with van der Waals surface area (Å²) in [5.74, 6) is 0.231. The number of hydrogen-bond acceptors (Lipinski definition) is 3. The summed E-state index contributed by atoms with van der Waals surface area (Å²) in [6.07, 6.45) is 1.75. The number of rotatable bonds is 1. The first-order chi connectivity index (χ1) is 4.70. The van der Waals surface area contributed by atoms with Gasteiger partial charge in [0.2, 0.25) is 0 Å². The van der Waals surface area contributed by atoms with Crippen molar-refractivity contribution >= 4 is 12.0 Å². The van der Waals surface area contributed by atoms with Gasteiger partial charge in [0.1, 0.15) is 5.78 Å². The fourth-order valence-electron chi connectivity index (χ4n) is 0.988. The first-order valence-corrected chi connectivity index (χ1v) is 3.39. The number of aliphatic imine (C=N–C) groups is 1. The molecule has 0 saturated carbocycles. The van der Waals surface area contributed by atoms with Gasteiger partial charge in [-0.3, -0.25) is 14.7 Å². The van der Waals surface area contributed by atoms with Gasteiger partial charge in [-0.1, -0.05) is 0 Å². The lowest BCUT2D eigenvalue weighted by Crippen LogP contribution is -2.34. The highest BCUT2D eigenvalue weighted by Crippen LogP contribution is 2.02. The van der Waals surface area contributed by atoms with E-state index in [1.165, 1.54) is 0 Å². The van der Waals surface area contributed by atoms with E-state index in [1.807, 2.05) is 11.9 Å². The van der Waals surface area contributed by atoms with E-state index < -0.39 is 0 Å². The van der Waals surface area contributed by atoms with Crippen LogP contribution in [0, 0.1) is 5.92 Å². The van der Waals surface area contributed by atoms with Gasteiger partial charge in [0.15, 0.2) is 0 Å². The molecular formula is C7H12N2O. The van der Waals surface area contributed by atoms with E-state index in [-0.39, 0.29) is 11.7 Å². The minimum atomic E-state index is 0.0266. The average molecular weight is 140 g/mol.